The summed E-state index contributed by atoms with van der Waals surface area (Å²) >= 11 is 0. The van der Waals surface area contributed by atoms with Gasteiger partial charge in [0.2, 0.25) is 0 Å². The minimum absolute atomic E-state index is 0.153. The summed E-state index contributed by atoms with van der Waals surface area (Å²) in [4.78, 5) is 23.6. The van der Waals surface area contributed by atoms with E-state index in [0.29, 0.717) is 25.4 Å². The van der Waals surface area contributed by atoms with Crippen molar-refractivity contribution >= 4 is 11.9 Å². The van der Waals surface area contributed by atoms with E-state index in [0.717, 1.165) is 44.1 Å². The smallest absolute Gasteiger partial charge is 0.306 e. The second-order valence-corrected chi connectivity index (χ2v) is 7.11. The molecule has 0 amide bonds. The average Bonchev–Trinajstić information content (AvgIpc) is 2.69. The molecule has 0 bridgehead atoms. The molecule has 148 valence electrons. The van der Waals surface area contributed by atoms with Crippen LogP contribution < -0.4 is 0 Å². The highest BCUT2D eigenvalue weighted by Gasteiger charge is 2.21. The maximum atomic E-state index is 12.3. The van der Waals surface area contributed by atoms with Gasteiger partial charge in [0.05, 0.1) is 6.61 Å². The van der Waals surface area contributed by atoms with Crippen molar-refractivity contribution in [3.05, 3.63) is 48.0 Å². The number of ether oxygens (including phenoxy) is 2. The van der Waals surface area contributed by atoms with Crippen LogP contribution in [0.2, 0.25) is 0 Å². The van der Waals surface area contributed by atoms with E-state index in [1.165, 1.54) is 6.42 Å². The third-order valence-electron chi connectivity index (χ3n) is 4.88. The zero-order valence-electron chi connectivity index (χ0n) is 16.4. The minimum atomic E-state index is -0.189. The summed E-state index contributed by atoms with van der Waals surface area (Å²) in [6.07, 6.45) is 11.8. The van der Waals surface area contributed by atoms with Crippen molar-refractivity contribution in [3.63, 3.8) is 0 Å². The van der Waals surface area contributed by atoms with Gasteiger partial charge in [-0.2, -0.15) is 0 Å². The number of rotatable bonds is 11. The van der Waals surface area contributed by atoms with Crippen molar-refractivity contribution in [2.45, 2.75) is 70.8 Å². The second kappa shape index (κ2) is 12.3. The van der Waals surface area contributed by atoms with Gasteiger partial charge >= 0.3 is 11.9 Å². The molecule has 1 aromatic rings. The molecule has 27 heavy (non-hydrogen) atoms. The zero-order chi connectivity index (χ0) is 19.3. The molecule has 0 fully saturated rings. The first-order chi connectivity index (χ1) is 13.2. The standard InChI is InChI=1S/C23H32O4/c1-2-26-22(24)16-10-5-11-17-23(25)27-21(20-14-8-4-9-15-20)18-19-12-6-3-7-13-19/h4,6,8-9,12,14-15,19,21H,2-3,5,7,10-11,13,16-18H2,1H3. The van der Waals surface area contributed by atoms with Crippen molar-refractivity contribution in [3.8, 4) is 0 Å². The summed E-state index contributed by atoms with van der Waals surface area (Å²) in [5.41, 5.74) is 1.06. The molecule has 0 heterocycles. The Labute approximate surface area is 162 Å². The number of unbranched alkanes of at least 4 members (excludes halogenated alkanes) is 2. The third-order valence-corrected chi connectivity index (χ3v) is 4.88. The van der Waals surface area contributed by atoms with Crippen LogP contribution in [-0.2, 0) is 19.1 Å². The Morgan fingerprint density at radius 1 is 1.07 bits per heavy atom. The minimum Gasteiger partial charge on any atom is -0.466 e. The Bertz CT molecular complexity index is 594. The van der Waals surface area contributed by atoms with E-state index in [-0.39, 0.29) is 18.0 Å². The Hall–Kier alpha value is -2.10. The number of carbonyl (C=O) groups excluding carboxylic acids is 2. The molecule has 4 nitrogen and oxygen atoms in total. The van der Waals surface area contributed by atoms with Crippen LogP contribution in [0, 0.1) is 5.92 Å². The van der Waals surface area contributed by atoms with Crippen molar-refractivity contribution in [1.29, 1.82) is 0 Å². The molecule has 4 heteroatoms. The van der Waals surface area contributed by atoms with Crippen molar-refractivity contribution in [2.24, 2.45) is 5.92 Å². The summed E-state index contributed by atoms with van der Waals surface area (Å²) in [7, 11) is 0. The summed E-state index contributed by atoms with van der Waals surface area (Å²) < 4.78 is 10.7. The van der Waals surface area contributed by atoms with Gasteiger partial charge in [0.25, 0.3) is 0 Å². The van der Waals surface area contributed by atoms with E-state index in [4.69, 9.17) is 9.47 Å². The van der Waals surface area contributed by atoms with Crippen molar-refractivity contribution < 1.29 is 19.1 Å². The van der Waals surface area contributed by atoms with Crippen molar-refractivity contribution in [2.75, 3.05) is 6.61 Å². The molecule has 0 saturated carbocycles. The molecule has 2 unspecified atom stereocenters. The Balaban J connectivity index is 1.78. The lowest BCUT2D eigenvalue weighted by Gasteiger charge is -2.24. The molecule has 0 aliphatic heterocycles. The number of allylic oxidation sites excluding steroid dienone is 2. The predicted molar refractivity (Wildman–Crippen MR) is 106 cm³/mol. The topological polar surface area (TPSA) is 52.6 Å². The van der Waals surface area contributed by atoms with Gasteiger partial charge in [-0.25, -0.2) is 0 Å². The van der Waals surface area contributed by atoms with Crippen LogP contribution in [0.5, 0.6) is 0 Å². The Kier molecular flexibility index (Phi) is 9.67. The van der Waals surface area contributed by atoms with Gasteiger partial charge in [0.1, 0.15) is 6.10 Å². The first kappa shape index (κ1) is 21.2. The average molecular weight is 373 g/mol. The number of benzene rings is 1. The van der Waals surface area contributed by atoms with Gasteiger partial charge in [0.15, 0.2) is 0 Å². The van der Waals surface area contributed by atoms with Gasteiger partial charge in [-0.15, -0.1) is 0 Å². The lowest BCUT2D eigenvalue weighted by molar-refractivity contribution is -0.150. The van der Waals surface area contributed by atoms with Gasteiger partial charge in [-0.3, -0.25) is 9.59 Å². The summed E-state index contributed by atoms with van der Waals surface area (Å²) in [6.45, 7) is 2.22. The van der Waals surface area contributed by atoms with Crippen LogP contribution >= 0.6 is 0 Å². The monoisotopic (exact) mass is 372 g/mol. The molecule has 1 aliphatic carbocycles. The molecule has 2 rings (SSSR count). The van der Waals surface area contributed by atoms with Gasteiger partial charge < -0.3 is 9.47 Å². The molecular weight excluding hydrogens is 340 g/mol. The maximum absolute atomic E-state index is 12.3. The lowest BCUT2D eigenvalue weighted by atomic mass is 9.89. The quantitative estimate of drug-likeness (QED) is 0.291. The first-order valence-electron chi connectivity index (χ1n) is 10.3. The molecule has 1 aliphatic rings. The van der Waals surface area contributed by atoms with E-state index in [1.54, 1.807) is 6.92 Å². The van der Waals surface area contributed by atoms with Crippen LogP contribution in [0.1, 0.15) is 76.4 Å². The summed E-state index contributed by atoms with van der Waals surface area (Å²) in [6, 6.07) is 10.0. The fourth-order valence-electron chi connectivity index (χ4n) is 3.44. The Morgan fingerprint density at radius 2 is 1.81 bits per heavy atom. The number of esters is 2. The van der Waals surface area contributed by atoms with Crippen molar-refractivity contribution in [1.82, 2.24) is 0 Å². The zero-order valence-corrected chi connectivity index (χ0v) is 16.4. The van der Waals surface area contributed by atoms with E-state index >= 15 is 0 Å². The van der Waals surface area contributed by atoms with E-state index in [2.05, 4.69) is 12.2 Å². The predicted octanol–water partition coefficient (Wildman–Crippen LogP) is 5.53. The third kappa shape index (κ3) is 8.42. The molecule has 2 atom stereocenters. The second-order valence-electron chi connectivity index (χ2n) is 7.11. The molecule has 1 aromatic carbocycles. The number of hydrogen-bond acceptors (Lipinski definition) is 4. The number of hydrogen-bond donors (Lipinski definition) is 0. The summed E-state index contributed by atoms with van der Waals surface area (Å²) in [5, 5.41) is 0. The molecule has 0 spiro atoms. The fourth-order valence-corrected chi connectivity index (χ4v) is 3.44. The van der Waals surface area contributed by atoms with Gasteiger partial charge in [-0.05, 0) is 56.9 Å². The fraction of sp³-hybridized carbons (Fsp3) is 0.565. The molecular formula is C23H32O4. The maximum Gasteiger partial charge on any atom is 0.306 e. The molecule has 0 radical (unpaired) electrons. The molecule has 0 saturated heterocycles. The van der Waals surface area contributed by atoms with E-state index in [1.807, 2.05) is 30.3 Å². The van der Waals surface area contributed by atoms with Gasteiger partial charge in [-0.1, -0.05) is 48.9 Å². The normalized spacial score (nSPS) is 17.3. The number of carbonyl (C=O) groups is 2. The van der Waals surface area contributed by atoms with Crippen LogP contribution in [-0.4, -0.2) is 18.5 Å². The van der Waals surface area contributed by atoms with Crippen LogP contribution in [0.3, 0.4) is 0 Å². The van der Waals surface area contributed by atoms with Crippen LogP contribution in [0.15, 0.2) is 42.5 Å². The van der Waals surface area contributed by atoms with Crippen LogP contribution in [0.25, 0.3) is 0 Å². The Morgan fingerprint density at radius 3 is 2.48 bits per heavy atom. The molecule has 0 aromatic heterocycles. The van der Waals surface area contributed by atoms with E-state index in [9.17, 15) is 9.59 Å². The SMILES string of the molecule is CCOC(=O)CCCCCC(=O)OC(CC1C=CCCC1)c1ccccc1. The summed E-state index contributed by atoms with van der Waals surface area (Å²) in [5.74, 6) is 0.158. The first-order valence-corrected chi connectivity index (χ1v) is 10.3. The largest absolute Gasteiger partial charge is 0.466 e. The highest BCUT2D eigenvalue weighted by molar-refractivity contribution is 5.70. The highest BCUT2D eigenvalue weighted by Crippen LogP contribution is 2.31. The lowest BCUT2D eigenvalue weighted by Crippen LogP contribution is -2.15. The van der Waals surface area contributed by atoms with Crippen LogP contribution in [0.4, 0.5) is 0 Å². The molecule has 0 N–H and O–H groups in total. The van der Waals surface area contributed by atoms with Gasteiger partial charge in [0, 0.05) is 12.8 Å². The van der Waals surface area contributed by atoms with E-state index < -0.39 is 0 Å². The highest BCUT2D eigenvalue weighted by atomic mass is 16.5.